The number of halogens is 1. The quantitative estimate of drug-likeness (QED) is 0.452. The van der Waals surface area contributed by atoms with Gasteiger partial charge in [0.1, 0.15) is 0 Å². The molecule has 5 nitrogen and oxygen atoms in total. The first kappa shape index (κ1) is 15.5. The van der Waals surface area contributed by atoms with E-state index in [1.165, 1.54) is 13.2 Å². The summed E-state index contributed by atoms with van der Waals surface area (Å²) in [6, 6.07) is 5.41. The molecule has 1 rings (SSSR count). The molecule has 0 fully saturated rings. The third-order valence-corrected chi connectivity index (χ3v) is 3.15. The standard InChI is InChI=1S/C13H14INO4/c1-19-13(18)3-2-6-15-11-5-4-9(7-10(11)14)8-12(16)17/h2-5,7,15H,6,8H2,1H3,(H,16,17). The molecule has 102 valence electrons. The van der Waals surface area contributed by atoms with Crippen molar-refractivity contribution in [1.82, 2.24) is 0 Å². The fourth-order valence-corrected chi connectivity index (χ4v) is 2.15. The number of rotatable bonds is 6. The van der Waals surface area contributed by atoms with E-state index in [-0.39, 0.29) is 6.42 Å². The van der Waals surface area contributed by atoms with Crippen LogP contribution in [0.3, 0.4) is 0 Å². The second-order valence-corrected chi connectivity index (χ2v) is 4.85. The molecule has 0 radical (unpaired) electrons. The van der Waals surface area contributed by atoms with Crippen molar-refractivity contribution in [2.75, 3.05) is 19.0 Å². The van der Waals surface area contributed by atoms with Crippen LogP contribution in [0.2, 0.25) is 0 Å². The topological polar surface area (TPSA) is 75.6 Å². The van der Waals surface area contributed by atoms with Crippen molar-refractivity contribution in [3.63, 3.8) is 0 Å². The molecule has 0 aliphatic carbocycles. The molecule has 6 heteroatoms. The van der Waals surface area contributed by atoms with Gasteiger partial charge in [0.05, 0.1) is 13.5 Å². The molecule has 0 unspecified atom stereocenters. The Bertz CT molecular complexity index is 499. The third-order valence-electron chi connectivity index (χ3n) is 2.25. The lowest BCUT2D eigenvalue weighted by Crippen LogP contribution is -2.04. The molecule has 0 spiro atoms. The van der Waals surface area contributed by atoms with Gasteiger partial charge in [-0.25, -0.2) is 4.79 Å². The number of ether oxygens (including phenoxy) is 1. The van der Waals surface area contributed by atoms with Gasteiger partial charge in [-0.3, -0.25) is 4.79 Å². The molecule has 0 aromatic heterocycles. The van der Waals surface area contributed by atoms with E-state index in [1.807, 2.05) is 12.1 Å². The van der Waals surface area contributed by atoms with Gasteiger partial charge < -0.3 is 15.2 Å². The second kappa shape index (κ2) is 7.78. The minimum atomic E-state index is -0.850. The first-order valence-electron chi connectivity index (χ1n) is 5.51. The zero-order valence-corrected chi connectivity index (χ0v) is 12.5. The van der Waals surface area contributed by atoms with Crippen LogP contribution in [-0.2, 0) is 20.7 Å². The number of carbonyl (C=O) groups excluding carboxylic acids is 1. The molecule has 0 saturated carbocycles. The summed E-state index contributed by atoms with van der Waals surface area (Å²) in [4.78, 5) is 21.4. The maximum absolute atomic E-state index is 10.8. The van der Waals surface area contributed by atoms with E-state index in [2.05, 4.69) is 32.6 Å². The number of carboxylic acids is 1. The fraction of sp³-hybridized carbons (Fsp3) is 0.231. The number of carbonyl (C=O) groups is 2. The van der Waals surface area contributed by atoms with E-state index < -0.39 is 11.9 Å². The van der Waals surface area contributed by atoms with Crippen LogP contribution in [0.5, 0.6) is 0 Å². The van der Waals surface area contributed by atoms with Crippen LogP contribution in [0.15, 0.2) is 30.4 Å². The first-order valence-corrected chi connectivity index (χ1v) is 6.59. The molecule has 0 atom stereocenters. The third kappa shape index (κ3) is 5.73. The molecule has 0 aliphatic rings. The van der Waals surface area contributed by atoms with Gasteiger partial charge in [0.2, 0.25) is 0 Å². The van der Waals surface area contributed by atoms with E-state index in [4.69, 9.17) is 5.11 Å². The van der Waals surface area contributed by atoms with Crippen molar-refractivity contribution < 1.29 is 19.4 Å². The first-order chi connectivity index (χ1) is 9.02. The van der Waals surface area contributed by atoms with Crippen molar-refractivity contribution in [3.05, 3.63) is 39.5 Å². The number of hydrogen-bond acceptors (Lipinski definition) is 4. The number of aliphatic carboxylic acids is 1. The largest absolute Gasteiger partial charge is 0.481 e. The Hall–Kier alpha value is -1.57. The van der Waals surface area contributed by atoms with Crippen LogP contribution >= 0.6 is 22.6 Å². The van der Waals surface area contributed by atoms with Crippen LogP contribution in [0, 0.1) is 3.57 Å². The van der Waals surface area contributed by atoms with Gasteiger partial charge in [-0.05, 0) is 40.3 Å². The van der Waals surface area contributed by atoms with Crippen LogP contribution in [0.4, 0.5) is 5.69 Å². The van der Waals surface area contributed by atoms with Crippen molar-refractivity contribution in [2.45, 2.75) is 6.42 Å². The van der Waals surface area contributed by atoms with E-state index in [9.17, 15) is 9.59 Å². The van der Waals surface area contributed by atoms with Crippen LogP contribution in [0.25, 0.3) is 0 Å². The summed E-state index contributed by atoms with van der Waals surface area (Å²) in [6.45, 7) is 0.489. The van der Waals surface area contributed by atoms with Crippen LogP contribution < -0.4 is 5.32 Å². The highest BCUT2D eigenvalue weighted by molar-refractivity contribution is 14.1. The lowest BCUT2D eigenvalue weighted by atomic mass is 10.1. The fourth-order valence-electron chi connectivity index (χ4n) is 1.38. The summed E-state index contributed by atoms with van der Waals surface area (Å²) in [5.41, 5.74) is 1.65. The summed E-state index contributed by atoms with van der Waals surface area (Å²) >= 11 is 2.13. The van der Waals surface area contributed by atoms with E-state index in [1.54, 1.807) is 12.1 Å². The number of nitrogens with one attached hydrogen (secondary N) is 1. The van der Waals surface area contributed by atoms with Gasteiger partial charge in [0.15, 0.2) is 0 Å². The molecule has 1 aromatic carbocycles. The summed E-state index contributed by atoms with van der Waals surface area (Å²) in [5.74, 6) is -1.24. The Balaban J connectivity index is 2.58. The minimum absolute atomic E-state index is 0.0124. The average molecular weight is 375 g/mol. The SMILES string of the molecule is COC(=O)C=CCNc1ccc(CC(=O)O)cc1I. The Morgan fingerprint density at radius 3 is 2.79 bits per heavy atom. The van der Waals surface area contributed by atoms with Crippen LogP contribution in [0.1, 0.15) is 5.56 Å². The average Bonchev–Trinajstić information content (AvgIpc) is 2.35. The number of esters is 1. The smallest absolute Gasteiger partial charge is 0.330 e. The predicted octanol–water partition coefficient (Wildman–Crippen LogP) is 2.06. The highest BCUT2D eigenvalue weighted by atomic mass is 127. The van der Waals surface area contributed by atoms with E-state index in [0.29, 0.717) is 6.54 Å². The molecule has 19 heavy (non-hydrogen) atoms. The summed E-state index contributed by atoms with van der Waals surface area (Å²) in [5, 5.41) is 11.8. The number of carboxylic acid groups (broad SMARTS) is 1. The number of methoxy groups -OCH3 is 1. The minimum Gasteiger partial charge on any atom is -0.481 e. The highest BCUT2D eigenvalue weighted by Gasteiger charge is 2.04. The van der Waals surface area contributed by atoms with Crippen molar-refractivity contribution in [3.8, 4) is 0 Å². The van der Waals surface area contributed by atoms with Crippen molar-refractivity contribution >= 4 is 40.2 Å². The normalized spacial score (nSPS) is 10.4. The highest BCUT2D eigenvalue weighted by Crippen LogP contribution is 2.19. The number of anilines is 1. The molecule has 0 aliphatic heterocycles. The Kier molecular flexibility index (Phi) is 6.34. The monoisotopic (exact) mass is 375 g/mol. The molecule has 0 saturated heterocycles. The van der Waals surface area contributed by atoms with Gasteiger partial charge in [-0.2, -0.15) is 0 Å². The number of benzene rings is 1. The van der Waals surface area contributed by atoms with Gasteiger partial charge in [0.25, 0.3) is 0 Å². The Morgan fingerprint density at radius 1 is 1.47 bits per heavy atom. The van der Waals surface area contributed by atoms with Gasteiger partial charge in [0, 0.05) is 21.9 Å². The van der Waals surface area contributed by atoms with Crippen LogP contribution in [-0.4, -0.2) is 30.7 Å². The molecule has 1 aromatic rings. The zero-order valence-electron chi connectivity index (χ0n) is 10.4. The Morgan fingerprint density at radius 2 is 2.21 bits per heavy atom. The van der Waals surface area contributed by atoms with Gasteiger partial charge in [-0.1, -0.05) is 12.1 Å². The van der Waals surface area contributed by atoms with E-state index >= 15 is 0 Å². The van der Waals surface area contributed by atoms with Gasteiger partial charge >= 0.3 is 11.9 Å². The molecule has 0 heterocycles. The summed E-state index contributed by atoms with van der Waals surface area (Å²) in [7, 11) is 1.32. The maximum Gasteiger partial charge on any atom is 0.330 e. The maximum atomic E-state index is 10.8. The molecule has 0 amide bonds. The second-order valence-electron chi connectivity index (χ2n) is 3.69. The summed E-state index contributed by atoms with van der Waals surface area (Å²) < 4.78 is 5.40. The molecule has 0 bridgehead atoms. The van der Waals surface area contributed by atoms with E-state index in [0.717, 1.165) is 14.8 Å². The molecule has 2 N–H and O–H groups in total. The van der Waals surface area contributed by atoms with Crippen molar-refractivity contribution in [1.29, 1.82) is 0 Å². The molecular weight excluding hydrogens is 361 g/mol. The van der Waals surface area contributed by atoms with Gasteiger partial charge in [-0.15, -0.1) is 0 Å². The number of hydrogen-bond donors (Lipinski definition) is 2. The Labute approximate surface area is 124 Å². The van der Waals surface area contributed by atoms with Crippen molar-refractivity contribution in [2.24, 2.45) is 0 Å². The summed E-state index contributed by atoms with van der Waals surface area (Å²) in [6.07, 6.45) is 3.02. The lowest BCUT2D eigenvalue weighted by Gasteiger charge is -2.07. The predicted molar refractivity (Wildman–Crippen MR) is 80.1 cm³/mol. The lowest BCUT2D eigenvalue weighted by molar-refractivity contribution is -0.136. The molecular formula is C13H14INO4. The zero-order chi connectivity index (χ0) is 14.3.